The lowest BCUT2D eigenvalue weighted by Gasteiger charge is -2.31. The number of anilines is 2. The lowest BCUT2D eigenvalue weighted by molar-refractivity contribution is 0.0697. The molecule has 0 radical (unpaired) electrons. The van der Waals surface area contributed by atoms with E-state index in [1.807, 2.05) is 0 Å². The second-order valence-electron chi connectivity index (χ2n) is 5.37. The van der Waals surface area contributed by atoms with Crippen molar-refractivity contribution in [2.24, 2.45) is 5.92 Å². The zero-order valence-corrected chi connectivity index (χ0v) is 11.9. The van der Waals surface area contributed by atoms with Gasteiger partial charge in [-0.2, -0.15) is 0 Å². The molecular formula is C15H23N3O2. The van der Waals surface area contributed by atoms with Gasteiger partial charge in [0.15, 0.2) is 0 Å². The Bertz CT molecular complexity index is 468. The summed E-state index contributed by atoms with van der Waals surface area (Å²) in [7, 11) is 0. The maximum absolute atomic E-state index is 10.8. The highest BCUT2D eigenvalue weighted by Crippen LogP contribution is 2.22. The number of aromatic carboxylic acids is 1. The van der Waals surface area contributed by atoms with Crippen molar-refractivity contribution in [2.75, 3.05) is 37.2 Å². The number of rotatable bonds is 5. The molecule has 20 heavy (non-hydrogen) atoms. The van der Waals surface area contributed by atoms with Crippen LogP contribution in [0.1, 0.15) is 30.1 Å². The number of benzene rings is 1. The van der Waals surface area contributed by atoms with Crippen LogP contribution in [-0.4, -0.2) is 42.2 Å². The number of likely N-dealkylation sites (tertiary alicyclic amines) is 1. The van der Waals surface area contributed by atoms with Crippen molar-refractivity contribution in [1.29, 1.82) is 0 Å². The van der Waals surface area contributed by atoms with Crippen LogP contribution in [0.3, 0.4) is 0 Å². The number of nitrogens with one attached hydrogen (secondary N) is 1. The summed E-state index contributed by atoms with van der Waals surface area (Å²) in [6.45, 7) is 6.55. The molecule has 0 spiro atoms. The molecule has 0 unspecified atom stereocenters. The lowest BCUT2D eigenvalue weighted by Crippen LogP contribution is -2.35. The van der Waals surface area contributed by atoms with Crippen molar-refractivity contribution in [2.45, 2.75) is 19.8 Å². The predicted octanol–water partition coefficient (Wildman–Crippen LogP) is 2.11. The third kappa shape index (κ3) is 3.63. The molecule has 2 rings (SSSR count). The molecule has 110 valence electrons. The lowest BCUT2D eigenvalue weighted by atomic mass is 9.96. The quantitative estimate of drug-likeness (QED) is 0.718. The average Bonchev–Trinajstić information content (AvgIpc) is 2.46. The normalized spacial score (nSPS) is 17.1. The number of piperidine rings is 1. The largest absolute Gasteiger partial charge is 0.478 e. The smallest absolute Gasteiger partial charge is 0.335 e. The van der Waals surface area contributed by atoms with Crippen LogP contribution in [0.4, 0.5) is 11.4 Å². The van der Waals surface area contributed by atoms with Crippen LogP contribution in [0, 0.1) is 5.92 Å². The van der Waals surface area contributed by atoms with Gasteiger partial charge < -0.3 is 21.1 Å². The summed E-state index contributed by atoms with van der Waals surface area (Å²) >= 11 is 0. The number of nitrogens with zero attached hydrogens (tertiary/aromatic N) is 1. The molecule has 0 bridgehead atoms. The molecule has 0 atom stereocenters. The van der Waals surface area contributed by atoms with Gasteiger partial charge in [0.05, 0.1) is 16.9 Å². The molecule has 0 saturated carbocycles. The van der Waals surface area contributed by atoms with Gasteiger partial charge in [-0.25, -0.2) is 4.79 Å². The van der Waals surface area contributed by atoms with Gasteiger partial charge in [-0.1, -0.05) is 6.92 Å². The van der Waals surface area contributed by atoms with E-state index in [-0.39, 0.29) is 5.56 Å². The van der Waals surface area contributed by atoms with Gasteiger partial charge in [0, 0.05) is 6.54 Å². The number of carbonyl (C=O) groups is 1. The van der Waals surface area contributed by atoms with E-state index >= 15 is 0 Å². The Labute approximate surface area is 119 Å². The Hall–Kier alpha value is -1.75. The van der Waals surface area contributed by atoms with Crippen LogP contribution in [0.15, 0.2) is 18.2 Å². The maximum atomic E-state index is 10.8. The number of nitrogens with two attached hydrogens (primary N) is 1. The Balaban J connectivity index is 1.87. The Morgan fingerprint density at radius 2 is 2.15 bits per heavy atom. The summed E-state index contributed by atoms with van der Waals surface area (Å²) in [5, 5.41) is 12.2. The van der Waals surface area contributed by atoms with Crippen molar-refractivity contribution in [3.63, 3.8) is 0 Å². The summed E-state index contributed by atoms with van der Waals surface area (Å²) in [5.74, 6) is -0.286. The molecule has 0 aliphatic carbocycles. The Kier molecular flexibility index (Phi) is 4.84. The fourth-order valence-corrected chi connectivity index (χ4v) is 2.62. The van der Waals surface area contributed by atoms with Gasteiger partial charge in [0.2, 0.25) is 0 Å². The van der Waals surface area contributed by atoms with Gasteiger partial charge >= 0.3 is 5.97 Å². The maximum Gasteiger partial charge on any atom is 0.335 e. The summed E-state index contributed by atoms with van der Waals surface area (Å²) in [4.78, 5) is 13.3. The van der Waals surface area contributed by atoms with Crippen LogP contribution < -0.4 is 11.1 Å². The Morgan fingerprint density at radius 1 is 1.45 bits per heavy atom. The first kappa shape index (κ1) is 14.7. The minimum Gasteiger partial charge on any atom is -0.478 e. The molecule has 1 heterocycles. The molecule has 4 N–H and O–H groups in total. The fraction of sp³-hybridized carbons (Fsp3) is 0.533. The molecule has 1 fully saturated rings. The van der Waals surface area contributed by atoms with E-state index in [1.165, 1.54) is 18.9 Å². The van der Waals surface area contributed by atoms with Crippen molar-refractivity contribution >= 4 is 17.3 Å². The van der Waals surface area contributed by atoms with E-state index in [4.69, 9.17) is 10.8 Å². The monoisotopic (exact) mass is 277 g/mol. The SMILES string of the molecule is CCN1CCC(CNc2ccc(C(=O)O)cc2N)CC1. The van der Waals surface area contributed by atoms with Gasteiger partial charge in [-0.15, -0.1) is 0 Å². The highest BCUT2D eigenvalue weighted by Gasteiger charge is 2.18. The van der Waals surface area contributed by atoms with Crippen molar-refractivity contribution in [3.8, 4) is 0 Å². The molecule has 0 aromatic heterocycles. The summed E-state index contributed by atoms with van der Waals surface area (Å²) in [6, 6.07) is 4.84. The first-order valence-corrected chi connectivity index (χ1v) is 7.19. The van der Waals surface area contributed by atoms with Gasteiger partial charge in [-0.3, -0.25) is 0 Å². The minimum atomic E-state index is -0.949. The van der Waals surface area contributed by atoms with Crippen molar-refractivity contribution in [1.82, 2.24) is 4.90 Å². The molecule has 1 saturated heterocycles. The molecule has 0 amide bonds. The third-order valence-electron chi connectivity index (χ3n) is 4.03. The van der Waals surface area contributed by atoms with Crippen molar-refractivity contribution in [3.05, 3.63) is 23.8 Å². The first-order valence-electron chi connectivity index (χ1n) is 7.19. The van der Waals surface area contributed by atoms with Gasteiger partial charge in [0.25, 0.3) is 0 Å². The number of hydrogen-bond donors (Lipinski definition) is 3. The van der Waals surface area contributed by atoms with Crippen LogP contribution in [0.2, 0.25) is 0 Å². The number of carboxylic acids is 1. The molecule has 1 aromatic rings. The molecule has 1 aliphatic rings. The van der Waals surface area contributed by atoms with Crippen LogP contribution in [0.5, 0.6) is 0 Å². The number of carboxylic acid groups (broad SMARTS) is 1. The highest BCUT2D eigenvalue weighted by molar-refractivity contribution is 5.90. The third-order valence-corrected chi connectivity index (χ3v) is 4.03. The first-order chi connectivity index (χ1) is 9.60. The van der Waals surface area contributed by atoms with Gasteiger partial charge in [0.1, 0.15) is 0 Å². The van der Waals surface area contributed by atoms with Crippen LogP contribution in [-0.2, 0) is 0 Å². The zero-order chi connectivity index (χ0) is 14.5. The number of nitrogen functional groups attached to an aromatic ring is 1. The van der Waals surface area contributed by atoms with E-state index in [0.29, 0.717) is 11.6 Å². The van der Waals surface area contributed by atoms with Crippen LogP contribution >= 0.6 is 0 Å². The molecule has 1 aromatic carbocycles. The van der Waals surface area contributed by atoms with E-state index in [9.17, 15) is 4.79 Å². The van der Waals surface area contributed by atoms with Crippen molar-refractivity contribution < 1.29 is 9.90 Å². The summed E-state index contributed by atoms with van der Waals surface area (Å²) in [5.41, 5.74) is 7.43. The highest BCUT2D eigenvalue weighted by atomic mass is 16.4. The standard InChI is InChI=1S/C15H23N3O2/c1-2-18-7-5-11(6-8-18)10-17-14-4-3-12(15(19)20)9-13(14)16/h3-4,9,11,17H,2,5-8,10,16H2,1H3,(H,19,20). The molecule has 1 aliphatic heterocycles. The second-order valence-corrected chi connectivity index (χ2v) is 5.37. The van der Waals surface area contributed by atoms with Gasteiger partial charge in [-0.05, 0) is 56.6 Å². The molecule has 5 nitrogen and oxygen atoms in total. The molecular weight excluding hydrogens is 254 g/mol. The molecule has 5 heteroatoms. The topological polar surface area (TPSA) is 78.6 Å². The van der Waals surface area contributed by atoms with E-state index in [0.717, 1.165) is 31.9 Å². The van der Waals surface area contributed by atoms with E-state index in [2.05, 4.69) is 17.1 Å². The Morgan fingerprint density at radius 3 is 2.70 bits per heavy atom. The summed E-state index contributed by atoms with van der Waals surface area (Å²) < 4.78 is 0. The minimum absolute atomic E-state index is 0.226. The van der Waals surface area contributed by atoms with Crippen LogP contribution in [0.25, 0.3) is 0 Å². The fourth-order valence-electron chi connectivity index (χ4n) is 2.62. The number of hydrogen-bond acceptors (Lipinski definition) is 4. The predicted molar refractivity (Wildman–Crippen MR) is 81.1 cm³/mol. The van der Waals surface area contributed by atoms with E-state index < -0.39 is 5.97 Å². The van der Waals surface area contributed by atoms with E-state index in [1.54, 1.807) is 12.1 Å². The zero-order valence-electron chi connectivity index (χ0n) is 11.9. The summed E-state index contributed by atoms with van der Waals surface area (Å²) in [6.07, 6.45) is 2.40. The average molecular weight is 277 g/mol. The second kappa shape index (κ2) is 6.61.